The van der Waals surface area contributed by atoms with Crippen LogP contribution in [0, 0.1) is 5.92 Å². The first-order valence-corrected chi connectivity index (χ1v) is 15.8. The number of carboxylic acid groups (broad SMARTS) is 1. The summed E-state index contributed by atoms with van der Waals surface area (Å²) in [6.07, 6.45) is 4.68. The zero-order chi connectivity index (χ0) is 32.1. The van der Waals surface area contributed by atoms with E-state index in [0.29, 0.717) is 29.0 Å². The minimum Gasteiger partial charge on any atom is -0.540 e. The molecule has 1 aliphatic carbocycles. The summed E-state index contributed by atoms with van der Waals surface area (Å²) in [5.74, 6) is -4.05. The molecule has 1 N–H and O–H groups in total. The number of aliphatic hydroxyl groups excluding tert-OH is 1. The number of carbonyl (C=O) groups is 5. The highest BCUT2D eigenvalue weighted by Crippen LogP contribution is 2.60. The number of rotatable bonds is 10. The number of nitrogens with zero attached hydrogens (tertiary/aromatic N) is 4. The minimum atomic E-state index is -1.73. The van der Waals surface area contributed by atoms with E-state index < -0.39 is 64.3 Å². The third-order valence-corrected chi connectivity index (χ3v) is 10.2. The summed E-state index contributed by atoms with van der Waals surface area (Å²) in [5, 5.41) is 23.7. The van der Waals surface area contributed by atoms with Gasteiger partial charge in [0.25, 0.3) is 0 Å². The number of ether oxygens (including phenoxy) is 2. The molecule has 4 heterocycles. The summed E-state index contributed by atoms with van der Waals surface area (Å²) < 4.78 is 12.6. The van der Waals surface area contributed by atoms with Crippen molar-refractivity contribution in [3.8, 4) is 0 Å². The molecule has 5 rings (SSSR count). The molecule has 2 amide bonds. The molecule has 1 saturated carbocycles. The molecule has 44 heavy (non-hydrogen) atoms. The third kappa shape index (κ3) is 4.92. The summed E-state index contributed by atoms with van der Waals surface area (Å²) in [5.41, 5.74) is -2.00. The Morgan fingerprint density at radius 2 is 1.93 bits per heavy atom. The molecule has 0 radical (unpaired) electrons. The van der Waals surface area contributed by atoms with Crippen LogP contribution >= 0.6 is 11.3 Å². The van der Waals surface area contributed by atoms with E-state index in [0.717, 1.165) is 30.6 Å². The van der Waals surface area contributed by atoms with Gasteiger partial charge in [-0.3, -0.25) is 14.0 Å². The molecule has 14 heteroatoms. The van der Waals surface area contributed by atoms with E-state index in [4.69, 9.17) is 9.47 Å². The Hall–Kier alpha value is -3.62. The average molecular weight is 631 g/mol. The molecular formula is C30H38N4O9S. The Morgan fingerprint density at radius 1 is 1.25 bits per heavy atom. The highest BCUT2D eigenvalue weighted by molar-refractivity contribution is 7.18. The third-order valence-electron chi connectivity index (χ3n) is 9.12. The Morgan fingerprint density at radius 3 is 2.52 bits per heavy atom. The van der Waals surface area contributed by atoms with Crippen LogP contribution in [0.4, 0.5) is 4.79 Å². The number of aliphatic carboxylic acids is 1. The number of aliphatic hydroxyl groups is 1. The van der Waals surface area contributed by atoms with Gasteiger partial charge in [0.2, 0.25) is 5.91 Å². The van der Waals surface area contributed by atoms with Crippen LogP contribution in [0.2, 0.25) is 0 Å². The van der Waals surface area contributed by atoms with E-state index >= 15 is 0 Å². The van der Waals surface area contributed by atoms with Gasteiger partial charge in [-0.25, -0.2) is 19.1 Å². The first-order valence-electron chi connectivity index (χ1n) is 14.9. The Labute approximate surface area is 258 Å². The highest BCUT2D eigenvalue weighted by atomic mass is 32.1. The number of amides is 2. The molecule has 2 aromatic heterocycles. The lowest BCUT2D eigenvalue weighted by Gasteiger charge is -2.54. The van der Waals surface area contributed by atoms with Gasteiger partial charge in [0.15, 0.2) is 29.0 Å². The molecule has 5 atom stereocenters. The second-order valence-corrected chi connectivity index (χ2v) is 13.3. The van der Waals surface area contributed by atoms with Crippen molar-refractivity contribution in [3.05, 3.63) is 28.8 Å². The number of Topliss-reactive ketones (excluding diaryl/α,β-unsaturated/α-hetero) is 1. The number of hydrogen-bond acceptors (Lipinski definition) is 11. The smallest absolute Gasteiger partial charge is 0.509 e. The standard InChI is InChI=1S/C30H38N4O9S/c1-6-12-34-24(28(39)40)22(19-14-33-15-31-23(26(33)44-19)18(36)13-20(37)32(4)5)30(3,25(34)21(16(2)35)27(34)38)43-29(41)42-17-10-8-7-9-11-17/h14-17,21,25,35H,6-13H2,1-5H3/t16-,21-,25-,30+,34?/m1/s1. The van der Waals surface area contributed by atoms with Crippen LogP contribution in [-0.2, 0) is 23.9 Å². The maximum atomic E-state index is 13.8. The number of β-lactam (4-membered cyclic amide) rings is 1. The lowest BCUT2D eigenvalue weighted by atomic mass is 9.72. The van der Waals surface area contributed by atoms with E-state index in [1.54, 1.807) is 20.0 Å². The number of ketones is 1. The van der Waals surface area contributed by atoms with Crippen molar-refractivity contribution in [2.24, 2.45) is 5.92 Å². The Bertz CT molecular complexity index is 1550. The molecule has 238 valence electrons. The second kappa shape index (κ2) is 11.7. The Balaban J connectivity index is 1.65. The van der Waals surface area contributed by atoms with E-state index in [1.807, 2.05) is 0 Å². The summed E-state index contributed by atoms with van der Waals surface area (Å²) in [7, 11) is 3.08. The molecule has 2 aliphatic heterocycles. The van der Waals surface area contributed by atoms with Gasteiger partial charge in [0, 0.05) is 20.3 Å². The fourth-order valence-electron chi connectivity index (χ4n) is 7.25. The maximum Gasteiger partial charge on any atom is 0.509 e. The van der Waals surface area contributed by atoms with E-state index in [1.165, 1.54) is 36.6 Å². The van der Waals surface area contributed by atoms with Gasteiger partial charge >= 0.3 is 12.1 Å². The molecule has 3 aliphatic rings. The molecule has 1 unspecified atom stereocenters. The van der Waals surface area contributed by atoms with E-state index in [2.05, 4.69) is 4.98 Å². The van der Waals surface area contributed by atoms with Crippen LogP contribution in [-0.4, -0.2) is 98.1 Å². The summed E-state index contributed by atoms with van der Waals surface area (Å²) >= 11 is 1.03. The Kier molecular flexibility index (Phi) is 8.46. The number of thiazole rings is 1. The zero-order valence-electron chi connectivity index (χ0n) is 25.5. The number of quaternary nitrogens is 1. The molecule has 0 bridgehead atoms. The van der Waals surface area contributed by atoms with Crippen LogP contribution < -0.4 is 5.11 Å². The predicted octanol–water partition coefficient (Wildman–Crippen LogP) is 1.91. The molecule has 2 fully saturated rings. The van der Waals surface area contributed by atoms with Crippen LogP contribution in [0.25, 0.3) is 10.4 Å². The number of fused-ring (bicyclic) bond motifs is 2. The van der Waals surface area contributed by atoms with Crippen LogP contribution in [0.1, 0.15) is 81.1 Å². The van der Waals surface area contributed by atoms with Crippen molar-refractivity contribution in [3.63, 3.8) is 0 Å². The lowest BCUT2D eigenvalue weighted by molar-refractivity contribution is -0.878. The first-order chi connectivity index (χ1) is 20.8. The molecular weight excluding hydrogens is 592 g/mol. The van der Waals surface area contributed by atoms with Crippen molar-refractivity contribution in [2.45, 2.75) is 89.6 Å². The van der Waals surface area contributed by atoms with Gasteiger partial charge in [-0.05, 0) is 46.0 Å². The van der Waals surface area contributed by atoms with Gasteiger partial charge in [-0.1, -0.05) is 13.3 Å². The van der Waals surface area contributed by atoms with Gasteiger partial charge in [-0.15, -0.1) is 11.3 Å². The average Bonchev–Trinajstić information content (AvgIpc) is 3.58. The van der Waals surface area contributed by atoms with Gasteiger partial charge < -0.3 is 29.4 Å². The molecule has 0 spiro atoms. The monoisotopic (exact) mass is 630 g/mol. The van der Waals surface area contributed by atoms with Crippen molar-refractivity contribution in [1.82, 2.24) is 14.3 Å². The van der Waals surface area contributed by atoms with E-state index in [9.17, 15) is 34.2 Å². The van der Waals surface area contributed by atoms with Crippen LogP contribution in [0.5, 0.6) is 0 Å². The number of carboxylic acids is 1. The van der Waals surface area contributed by atoms with Crippen LogP contribution in [0.15, 0.2) is 18.2 Å². The number of carbonyl (C=O) groups excluding carboxylic acids is 5. The highest BCUT2D eigenvalue weighted by Gasteiger charge is 2.79. The minimum absolute atomic E-state index is 0.0306. The normalized spacial score (nSPS) is 27.5. The number of imidazole rings is 1. The molecule has 2 aromatic rings. The largest absolute Gasteiger partial charge is 0.540 e. The van der Waals surface area contributed by atoms with Gasteiger partial charge in [-0.2, -0.15) is 0 Å². The lowest BCUT2D eigenvalue weighted by Crippen LogP contribution is -2.79. The second-order valence-electron chi connectivity index (χ2n) is 12.3. The summed E-state index contributed by atoms with van der Waals surface area (Å²) in [4.78, 5) is 71.6. The van der Waals surface area contributed by atoms with Crippen molar-refractivity contribution < 1.29 is 48.1 Å². The van der Waals surface area contributed by atoms with Crippen molar-refractivity contribution in [1.29, 1.82) is 0 Å². The fraction of sp³-hybridized carbons (Fsp3) is 0.600. The molecule has 1 saturated heterocycles. The van der Waals surface area contributed by atoms with Gasteiger partial charge in [0.05, 0.1) is 29.5 Å². The number of aromatic nitrogens is 2. The topological polar surface area (TPSA) is 168 Å². The first kappa shape index (κ1) is 31.8. The quantitative estimate of drug-likeness (QED) is 0.135. The van der Waals surface area contributed by atoms with Gasteiger partial charge in [0.1, 0.15) is 28.9 Å². The van der Waals surface area contributed by atoms with E-state index in [-0.39, 0.29) is 29.6 Å². The maximum absolute atomic E-state index is 13.8. The zero-order valence-corrected chi connectivity index (χ0v) is 26.3. The van der Waals surface area contributed by atoms with Crippen molar-refractivity contribution in [2.75, 3.05) is 20.6 Å². The van der Waals surface area contributed by atoms with Crippen molar-refractivity contribution >= 4 is 51.5 Å². The summed E-state index contributed by atoms with van der Waals surface area (Å²) in [6, 6.07) is -0.963. The van der Waals surface area contributed by atoms with Crippen LogP contribution in [0.3, 0.4) is 0 Å². The molecule has 0 aromatic carbocycles. The summed E-state index contributed by atoms with van der Waals surface area (Å²) in [6.45, 7) is 4.89. The number of hydrogen-bond donors (Lipinski definition) is 1. The SMILES string of the molecule is CCC[N+]12C(=O)[C@H]([C@@H](C)O)[C@@H]1[C@@](C)(OC(=O)OC1CCCCC1)C(c1cn3cnc(C(=O)CC(=O)N(C)C)c3s1)=C2C(=O)[O-]. The fourth-order valence-corrected chi connectivity index (χ4v) is 8.49. The molecule has 13 nitrogen and oxygen atoms in total. The predicted molar refractivity (Wildman–Crippen MR) is 155 cm³/mol.